The molecule has 0 radical (unpaired) electrons. The van der Waals surface area contributed by atoms with Gasteiger partial charge in [0.05, 0.1) is 16.1 Å². The SMILES string of the molecule is CCC(OC)C(=O)NCc1ccc(Cl)c(C(=O)Nc2ccc(OCC(F)F)c(C(=O)Nc3ccc(Br)cc3)c2)c1. The van der Waals surface area contributed by atoms with Gasteiger partial charge < -0.3 is 25.4 Å². The molecule has 0 aliphatic carbocycles. The predicted octanol–water partition coefficient (Wildman–Crippen LogP) is 6.29. The quantitative estimate of drug-likeness (QED) is 0.216. The average Bonchev–Trinajstić information content (AvgIpc) is 2.93. The Hall–Kier alpha value is -3.54. The molecular weight excluding hydrogens is 612 g/mol. The molecule has 40 heavy (non-hydrogen) atoms. The minimum absolute atomic E-state index is 0.0625. The maximum Gasteiger partial charge on any atom is 0.272 e. The lowest BCUT2D eigenvalue weighted by atomic mass is 10.1. The van der Waals surface area contributed by atoms with Crippen molar-refractivity contribution in [3.8, 4) is 5.75 Å². The molecule has 3 amide bonds. The number of carbonyl (C=O) groups is 3. The van der Waals surface area contributed by atoms with Crippen LogP contribution < -0.4 is 20.7 Å². The van der Waals surface area contributed by atoms with E-state index in [2.05, 4.69) is 31.9 Å². The van der Waals surface area contributed by atoms with E-state index in [1.54, 1.807) is 30.3 Å². The molecule has 8 nitrogen and oxygen atoms in total. The largest absolute Gasteiger partial charge is 0.487 e. The zero-order valence-electron chi connectivity index (χ0n) is 21.6. The number of methoxy groups -OCH3 is 1. The number of alkyl halides is 2. The first-order valence-electron chi connectivity index (χ1n) is 12.1. The van der Waals surface area contributed by atoms with Crippen LogP contribution in [-0.4, -0.2) is 44.0 Å². The van der Waals surface area contributed by atoms with Gasteiger partial charge in [0.25, 0.3) is 18.2 Å². The minimum atomic E-state index is -2.75. The fourth-order valence-corrected chi connectivity index (χ4v) is 4.08. The molecule has 1 unspecified atom stereocenters. The Balaban J connectivity index is 1.80. The summed E-state index contributed by atoms with van der Waals surface area (Å²) in [6.07, 6.45) is -2.83. The lowest BCUT2D eigenvalue weighted by Gasteiger charge is -2.15. The zero-order chi connectivity index (χ0) is 29.2. The summed E-state index contributed by atoms with van der Waals surface area (Å²) in [6, 6.07) is 15.6. The zero-order valence-corrected chi connectivity index (χ0v) is 23.9. The van der Waals surface area contributed by atoms with Gasteiger partial charge in [0.1, 0.15) is 18.5 Å². The van der Waals surface area contributed by atoms with E-state index < -0.39 is 31.0 Å². The van der Waals surface area contributed by atoms with Gasteiger partial charge in [-0.1, -0.05) is 40.5 Å². The molecule has 0 saturated heterocycles. The number of halogens is 4. The van der Waals surface area contributed by atoms with E-state index in [4.69, 9.17) is 21.1 Å². The molecule has 0 saturated carbocycles. The standard InChI is InChI=1S/C28H27BrClF2N3O5/c1-3-23(39-2)28(38)33-14-16-4-10-22(30)20(12-16)26(36)35-19-9-11-24(40-15-25(31)32)21(13-19)27(37)34-18-7-5-17(29)6-8-18/h4-13,23,25H,3,14-15H2,1-2H3,(H,33,38)(H,34,37)(H,35,36). The van der Waals surface area contributed by atoms with Crippen molar-refractivity contribution in [2.75, 3.05) is 24.4 Å². The Bertz CT molecular complexity index is 1350. The van der Waals surface area contributed by atoms with Crippen LogP contribution in [0.25, 0.3) is 0 Å². The van der Waals surface area contributed by atoms with Crippen LogP contribution in [-0.2, 0) is 16.1 Å². The smallest absolute Gasteiger partial charge is 0.272 e. The van der Waals surface area contributed by atoms with E-state index >= 15 is 0 Å². The van der Waals surface area contributed by atoms with E-state index in [1.807, 2.05) is 6.92 Å². The molecule has 0 fully saturated rings. The third-order valence-corrected chi connectivity index (χ3v) is 6.50. The highest BCUT2D eigenvalue weighted by Gasteiger charge is 2.19. The molecule has 212 valence electrons. The number of benzene rings is 3. The maximum absolute atomic E-state index is 13.1. The van der Waals surface area contributed by atoms with Crippen molar-refractivity contribution in [1.29, 1.82) is 0 Å². The first-order valence-corrected chi connectivity index (χ1v) is 13.3. The number of amides is 3. The second kappa shape index (κ2) is 14.7. The van der Waals surface area contributed by atoms with Crippen LogP contribution in [0.1, 0.15) is 39.6 Å². The summed E-state index contributed by atoms with van der Waals surface area (Å²) >= 11 is 9.58. The highest BCUT2D eigenvalue weighted by molar-refractivity contribution is 9.10. The normalized spacial score (nSPS) is 11.6. The fraction of sp³-hybridized carbons (Fsp3) is 0.250. The Morgan fingerprint density at radius 2 is 1.57 bits per heavy atom. The Kier molecular flexibility index (Phi) is 11.4. The van der Waals surface area contributed by atoms with Gasteiger partial charge in [0.2, 0.25) is 5.91 Å². The topological polar surface area (TPSA) is 106 Å². The molecule has 3 N–H and O–H groups in total. The number of rotatable bonds is 12. The van der Waals surface area contributed by atoms with E-state index in [0.29, 0.717) is 17.7 Å². The minimum Gasteiger partial charge on any atom is -0.487 e. The summed E-state index contributed by atoms with van der Waals surface area (Å²) in [7, 11) is 1.45. The molecule has 0 aromatic heterocycles. The number of anilines is 2. The van der Waals surface area contributed by atoms with Crippen molar-refractivity contribution in [3.63, 3.8) is 0 Å². The number of carbonyl (C=O) groups excluding carboxylic acids is 3. The van der Waals surface area contributed by atoms with Gasteiger partial charge in [-0.2, -0.15) is 0 Å². The van der Waals surface area contributed by atoms with Crippen LogP contribution in [0.5, 0.6) is 5.75 Å². The van der Waals surface area contributed by atoms with E-state index in [-0.39, 0.29) is 40.0 Å². The maximum atomic E-state index is 13.1. The number of hydrogen-bond acceptors (Lipinski definition) is 5. The second-order valence-corrected chi connectivity index (χ2v) is 9.82. The van der Waals surface area contributed by atoms with Crippen LogP contribution in [0.3, 0.4) is 0 Å². The number of hydrogen-bond donors (Lipinski definition) is 3. The Morgan fingerprint density at radius 1 is 0.925 bits per heavy atom. The van der Waals surface area contributed by atoms with Crippen LogP contribution >= 0.6 is 27.5 Å². The summed E-state index contributed by atoms with van der Waals surface area (Å²) in [4.78, 5) is 38.3. The summed E-state index contributed by atoms with van der Waals surface area (Å²) in [5.74, 6) is -1.57. The fourth-order valence-electron chi connectivity index (χ4n) is 3.61. The molecule has 3 aromatic carbocycles. The third kappa shape index (κ3) is 8.73. The van der Waals surface area contributed by atoms with E-state index in [9.17, 15) is 23.2 Å². The molecule has 0 aliphatic heterocycles. The van der Waals surface area contributed by atoms with Crippen LogP contribution in [0, 0.1) is 0 Å². The summed E-state index contributed by atoms with van der Waals surface area (Å²) in [5.41, 5.74) is 1.36. The van der Waals surface area contributed by atoms with Crippen molar-refractivity contribution in [2.45, 2.75) is 32.4 Å². The van der Waals surface area contributed by atoms with Crippen molar-refractivity contribution in [3.05, 3.63) is 86.8 Å². The number of ether oxygens (including phenoxy) is 2. The van der Waals surface area contributed by atoms with Crippen LogP contribution in [0.15, 0.2) is 65.1 Å². The first-order chi connectivity index (χ1) is 19.1. The molecular formula is C28H27BrClF2N3O5. The summed E-state index contributed by atoms with van der Waals surface area (Å²) in [5, 5.41) is 8.26. The van der Waals surface area contributed by atoms with Gasteiger partial charge in [-0.25, -0.2) is 8.78 Å². The van der Waals surface area contributed by atoms with Crippen LogP contribution in [0.2, 0.25) is 5.02 Å². The van der Waals surface area contributed by atoms with E-state index in [1.165, 1.54) is 37.4 Å². The molecule has 3 rings (SSSR count). The average molecular weight is 639 g/mol. The van der Waals surface area contributed by atoms with Gasteiger partial charge in [-0.3, -0.25) is 14.4 Å². The van der Waals surface area contributed by atoms with Gasteiger partial charge in [0, 0.05) is 29.5 Å². The summed E-state index contributed by atoms with van der Waals surface area (Å²) in [6.45, 7) is 1.06. The molecule has 0 heterocycles. The third-order valence-electron chi connectivity index (χ3n) is 5.64. The van der Waals surface area contributed by atoms with Gasteiger partial charge in [-0.15, -0.1) is 0 Å². The van der Waals surface area contributed by atoms with Gasteiger partial charge in [-0.05, 0) is 66.6 Å². The van der Waals surface area contributed by atoms with Crippen molar-refractivity contribution >= 4 is 56.6 Å². The van der Waals surface area contributed by atoms with Crippen molar-refractivity contribution in [2.24, 2.45) is 0 Å². The lowest BCUT2D eigenvalue weighted by Crippen LogP contribution is -2.35. The van der Waals surface area contributed by atoms with Gasteiger partial charge >= 0.3 is 0 Å². The summed E-state index contributed by atoms with van der Waals surface area (Å²) < 4.78 is 36.7. The monoisotopic (exact) mass is 637 g/mol. The second-order valence-electron chi connectivity index (χ2n) is 8.49. The predicted molar refractivity (Wildman–Crippen MR) is 152 cm³/mol. The molecule has 0 spiro atoms. The van der Waals surface area contributed by atoms with Crippen molar-refractivity contribution < 1.29 is 32.6 Å². The molecule has 12 heteroatoms. The van der Waals surface area contributed by atoms with Crippen molar-refractivity contribution in [1.82, 2.24) is 5.32 Å². The lowest BCUT2D eigenvalue weighted by molar-refractivity contribution is -0.131. The Morgan fingerprint density at radius 3 is 2.23 bits per heavy atom. The molecule has 0 bridgehead atoms. The van der Waals surface area contributed by atoms with E-state index in [0.717, 1.165) is 4.47 Å². The molecule has 0 aliphatic rings. The highest BCUT2D eigenvalue weighted by atomic mass is 79.9. The number of nitrogens with one attached hydrogen (secondary N) is 3. The first kappa shape index (κ1) is 31.0. The van der Waals surface area contributed by atoms with Crippen LogP contribution in [0.4, 0.5) is 20.2 Å². The molecule has 3 aromatic rings. The van der Waals surface area contributed by atoms with Gasteiger partial charge in [0.15, 0.2) is 0 Å². The highest BCUT2D eigenvalue weighted by Crippen LogP contribution is 2.27. The Labute approximate surface area is 243 Å². The molecule has 1 atom stereocenters.